The van der Waals surface area contributed by atoms with E-state index in [1.807, 2.05) is 0 Å². The fraction of sp³-hybridized carbons (Fsp3) is 0.923. The minimum absolute atomic E-state index is 0.0609. The van der Waals surface area contributed by atoms with Gasteiger partial charge in [0.2, 0.25) is 5.91 Å². The van der Waals surface area contributed by atoms with Gasteiger partial charge in [-0.2, -0.15) is 0 Å². The van der Waals surface area contributed by atoms with Crippen LogP contribution < -0.4 is 5.32 Å². The number of hydrogen-bond acceptors (Lipinski definition) is 3. The lowest BCUT2D eigenvalue weighted by Crippen LogP contribution is -2.39. The van der Waals surface area contributed by atoms with Crippen LogP contribution in [0.2, 0.25) is 0 Å². The molecule has 0 aromatic carbocycles. The summed E-state index contributed by atoms with van der Waals surface area (Å²) in [6, 6.07) is 0.703. The van der Waals surface area contributed by atoms with Gasteiger partial charge in [0, 0.05) is 32.2 Å². The summed E-state index contributed by atoms with van der Waals surface area (Å²) < 4.78 is 0. The number of rotatable bonds is 7. The Balaban J connectivity index is 2.01. The lowest BCUT2D eigenvalue weighted by molar-refractivity contribution is -0.121. The van der Waals surface area contributed by atoms with Crippen LogP contribution >= 0.6 is 0 Å². The minimum Gasteiger partial charge on any atom is -0.396 e. The number of piperidine rings is 1. The molecule has 1 amide bonds. The van der Waals surface area contributed by atoms with Crippen molar-refractivity contribution in [3.05, 3.63) is 0 Å². The minimum atomic E-state index is 0.0609. The Morgan fingerprint density at radius 3 is 2.94 bits per heavy atom. The molecule has 1 aliphatic heterocycles. The zero-order chi connectivity index (χ0) is 12.5. The number of hydrogen-bond donors (Lipinski definition) is 2. The van der Waals surface area contributed by atoms with Crippen molar-refractivity contribution in [3.63, 3.8) is 0 Å². The molecular formula is C13H26N2O2. The van der Waals surface area contributed by atoms with E-state index in [1.165, 1.54) is 25.8 Å². The van der Waals surface area contributed by atoms with Gasteiger partial charge in [0.1, 0.15) is 0 Å². The molecule has 0 aromatic heterocycles. The number of amides is 1. The van der Waals surface area contributed by atoms with Crippen molar-refractivity contribution < 1.29 is 9.90 Å². The van der Waals surface area contributed by atoms with Gasteiger partial charge in [0.05, 0.1) is 0 Å². The first kappa shape index (κ1) is 14.5. The van der Waals surface area contributed by atoms with E-state index in [2.05, 4.69) is 17.1 Å². The number of likely N-dealkylation sites (tertiary alicyclic amines) is 1. The van der Waals surface area contributed by atoms with Crippen LogP contribution in [0.4, 0.5) is 0 Å². The molecule has 1 rings (SSSR count). The smallest absolute Gasteiger partial charge is 0.220 e. The second kappa shape index (κ2) is 8.48. The fourth-order valence-electron chi connectivity index (χ4n) is 2.33. The van der Waals surface area contributed by atoms with Crippen molar-refractivity contribution in [3.8, 4) is 0 Å². The van der Waals surface area contributed by atoms with Gasteiger partial charge in [-0.25, -0.2) is 0 Å². The quantitative estimate of drug-likeness (QED) is 0.658. The van der Waals surface area contributed by atoms with E-state index < -0.39 is 0 Å². The van der Waals surface area contributed by atoms with E-state index in [0.717, 1.165) is 19.5 Å². The van der Waals surface area contributed by atoms with E-state index in [4.69, 9.17) is 5.11 Å². The molecule has 1 saturated heterocycles. The topological polar surface area (TPSA) is 52.6 Å². The first-order chi connectivity index (χ1) is 8.24. The highest BCUT2D eigenvalue weighted by atomic mass is 16.3. The average Bonchev–Trinajstić information content (AvgIpc) is 2.34. The molecule has 0 spiro atoms. The molecule has 0 aliphatic carbocycles. The number of carbonyl (C=O) groups excluding carboxylic acids is 1. The first-order valence-electron chi connectivity index (χ1n) is 6.85. The van der Waals surface area contributed by atoms with E-state index in [1.54, 1.807) is 0 Å². The van der Waals surface area contributed by atoms with E-state index in [-0.39, 0.29) is 12.5 Å². The second-order valence-corrected chi connectivity index (χ2v) is 4.91. The maximum atomic E-state index is 11.3. The Kier molecular flexibility index (Phi) is 7.21. The second-order valence-electron chi connectivity index (χ2n) is 4.91. The lowest BCUT2D eigenvalue weighted by atomic mass is 10.0. The summed E-state index contributed by atoms with van der Waals surface area (Å²) >= 11 is 0. The van der Waals surface area contributed by atoms with Crippen LogP contribution in [-0.2, 0) is 4.79 Å². The molecule has 1 fully saturated rings. The maximum absolute atomic E-state index is 11.3. The van der Waals surface area contributed by atoms with Crippen molar-refractivity contribution in [1.29, 1.82) is 0 Å². The van der Waals surface area contributed by atoms with Crippen LogP contribution in [0.15, 0.2) is 0 Å². The normalized spacial score (nSPS) is 21.4. The van der Waals surface area contributed by atoms with E-state index in [9.17, 15) is 4.79 Å². The summed E-state index contributed by atoms with van der Waals surface area (Å²) in [5, 5.41) is 11.5. The highest BCUT2D eigenvalue weighted by Gasteiger charge is 2.17. The highest BCUT2D eigenvalue weighted by molar-refractivity contribution is 5.75. The Hall–Kier alpha value is -0.610. The van der Waals surface area contributed by atoms with Crippen LogP contribution in [-0.4, -0.2) is 48.2 Å². The van der Waals surface area contributed by atoms with Crippen LogP contribution in [0.3, 0.4) is 0 Å². The van der Waals surface area contributed by atoms with Crippen molar-refractivity contribution in [2.24, 2.45) is 0 Å². The number of aliphatic hydroxyl groups is 1. The van der Waals surface area contributed by atoms with Gasteiger partial charge in [-0.1, -0.05) is 6.42 Å². The summed E-state index contributed by atoms with van der Waals surface area (Å²) in [7, 11) is 0. The number of nitrogens with one attached hydrogen (secondary N) is 1. The number of nitrogens with zero attached hydrogens (tertiary/aromatic N) is 1. The van der Waals surface area contributed by atoms with Crippen molar-refractivity contribution in [2.75, 3.05) is 26.2 Å². The van der Waals surface area contributed by atoms with Crippen LogP contribution in [0.25, 0.3) is 0 Å². The molecule has 1 heterocycles. The molecule has 17 heavy (non-hydrogen) atoms. The van der Waals surface area contributed by atoms with Crippen molar-refractivity contribution >= 4 is 5.91 Å². The Morgan fingerprint density at radius 2 is 2.24 bits per heavy atom. The number of carbonyl (C=O) groups is 1. The van der Waals surface area contributed by atoms with Gasteiger partial charge >= 0.3 is 0 Å². The summed E-state index contributed by atoms with van der Waals surface area (Å²) in [5.41, 5.74) is 0. The zero-order valence-electron chi connectivity index (χ0n) is 11.0. The molecule has 1 atom stereocenters. The lowest BCUT2D eigenvalue weighted by Gasteiger charge is -2.33. The molecule has 0 radical (unpaired) electrons. The van der Waals surface area contributed by atoms with Crippen LogP contribution in [0.1, 0.15) is 45.4 Å². The average molecular weight is 242 g/mol. The molecule has 1 unspecified atom stereocenters. The SMILES string of the molecule is CC1CCCCN1CCCNC(=O)CCCO. The monoisotopic (exact) mass is 242 g/mol. The van der Waals surface area contributed by atoms with Gasteiger partial charge in [0.25, 0.3) is 0 Å². The van der Waals surface area contributed by atoms with Crippen LogP contribution in [0, 0.1) is 0 Å². The Labute approximate surface area is 104 Å². The molecule has 0 saturated carbocycles. The molecule has 100 valence electrons. The van der Waals surface area contributed by atoms with Gasteiger partial charge in [-0.15, -0.1) is 0 Å². The van der Waals surface area contributed by atoms with Crippen molar-refractivity contribution in [2.45, 2.75) is 51.5 Å². The largest absolute Gasteiger partial charge is 0.396 e. The van der Waals surface area contributed by atoms with Crippen LogP contribution in [0.5, 0.6) is 0 Å². The summed E-state index contributed by atoms with van der Waals surface area (Å²) in [4.78, 5) is 13.8. The van der Waals surface area contributed by atoms with E-state index >= 15 is 0 Å². The third kappa shape index (κ3) is 6.03. The number of aliphatic hydroxyl groups excluding tert-OH is 1. The molecule has 2 N–H and O–H groups in total. The molecular weight excluding hydrogens is 216 g/mol. The molecule has 0 bridgehead atoms. The third-order valence-corrected chi connectivity index (χ3v) is 3.45. The predicted molar refractivity (Wildman–Crippen MR) is 68.8 cm³/mol. The van der Waals surface area contributed by atoms with Crippen molar-refractivity contribution in [1.82, 2.24) is 10.2 Å². The molecule has 4 nitrogen and oxygen atoms in total. The summed E-state index contributed by atoms with van der Waals surface area (Å²) in [6.07, 6.45) is 6.01. The predicted octanol–water partition coefficient (Wildman–Crippen LogP) is 1.14. The standard InChI is InChI=1S/C13H26N2O2/c1-12-6-2-3-9-15(12)10-5-8-14-13(17)7-4-11-16/h12,16H,2-11H2,1H3,(H,14,17). The fourth-order valence-corrected chi connectivity index (χ4v) is 2.33. The Bertz CT molecular complexity index is 221. The molecule has 1 aliphatic rings. The van der Waals surface area contributed by atoms with Gasteiger partial charge < -0.3 is 15.3 Å². The highest BCUT2D eigenvalue weighted by Crippen LogP contribution is 2.15. The molecule has 4 heteroatoms. The molecule has 0 aromatic rings. The third-order valence-electron chi connectivity index (χ3n) is 3.45. The van der Waals surface area contributed by atoms with Gasteiger partial charge in [-0.3, -0.25) is 4.79 Å². The first-order valence-corrected chi connectivity index (χ1v) is 6.85. The maximum Gasteiger partial charge on any atom is 0.220 e. The van der Waals surface area contributed by atoms with Gasteiger partial charge in [0.15, 0.2) is 0 Å². The summed E-state index contributed by atoms with van der Waals surface area (Å²) in [6.45, 7) is 5.44. The van der Waals surface area contributed by atoms with Gasteiger partial charge in [-0.05, 0) is 39.2 Å². The summed E-state index contributed by atoms with van der Waals surface area (Å²) in [5.74, 6) is 0.0609. The Morgan fingerprint density at radius 1 is 1.41 bits per heavy atom. The zero-order valence-corrected chi connectivity index (χ0v) is 11.0. The van der Waals surface area contributed by atoms with E-state index in [0.29, 0.717) is 18.9 Å².